The molecule has 110 valence electrons. The standard InChI is InChI=1S/C15H28N2OS/c1-7-9-16-13(15(5,6)18-8-2)10-14-17-11(3)12(4)19-14/h13,16H,7-10H2,1-6H3. The van der Waals surface area contributed by atoms with E-state index in [4.69, 9.17) is 4.74 Å². The maximum Gasteiger partial charge on any atom is 0.0947 e. The van der Waals surface area contributed by atoms with Crippen molar-refractivity contribution >= 4 is 11.3 Å². The molecule has 0 aliphatic rings. The molecule has 0 bridgehead atoms. The zero-order valence-corrected chi connectivity index (χ0v) is 14.0. The first-order valence-corrected chi connectivity index (χ1v) is 8.02. The first-order valence-electron chi connectivity index (χ1n) is 7.21. The van der Waals surface area contributed by atoms with E-state index in [0.717, 1.165) is 31.7 Å². The molecule has 1 atom stereocenters. The van der Waals surface area contributed by atoms with E-state index < -0.39 is 0 Å². The highest BCUT2D eigenvalue weighted by atomic mass is 32.1. The van der Waals surface area contributed by atoms with E-state index in [0.29, 0.717) is 6.04 Å². The van der Waals surface area contributed by atoms with Gasteiger partial charge in [-0.2, -0.15) is 0 Å². The Morgan fingerprint density at radius 2 is 2.00 bits per heavy atom. The summed E-state index contributed by atoms with van der Waals surface area (Å²) in [6.45, 7) is 14.5. The Balaban J connectivity index is 2.79. The van der Waals surface area contributed by atoms with Crippen molar-refractivity contribution in [3.8, 4) is 0 Å². The van der Waals surface area contributed by atoms with Gasteiger partial charge in [-0.05, 0) is 47.6 Å². The number of ether oxygens (including phenoxy) is 1. The molecule has 1 aromatic heterocycles. The highest BCUT2D eigenvalue weighted by Crippen LogP contribution is 2.23. The molecule has 0 aliphatic carbocycles. The van der Waals surface area contributed by atoms with E-state index in [-0.39, 0.29) is 5.60 Å². The zero-order valence-electron chi connectivity index (χ0n) is 13.2. The molecule has 1 heterocycles. The molecular formula is C15H28N2OS. The van der Waals surface area contributed by atoms with Gasteiger partial charge in [0, 0.05) is 23.9 Å². The first kappa shape index (κ1) is 16.6. The SMILES string of the molecule is CCCNC(Cc1nc(C)c(C)s1)C(C)(C)OCC. The van der Waals surface area contributed by atoms with E-state index >= 15 is 0 Å². The van der Waals surface area contributed by atoms with Crippen molar-refractivity contribution < 1.29 is 4.74 Å². The van der Waals surface area contributed by atoms with Crippen LogP contribution in [0, 0.1) is 13.8 Å². The Morgan fingerprint density at radius 3 is 2.47 bits per heavy atom. The van der Waals surface area contributed by atoms with E-state index in [1.54, 1.807) is 11.3 Å². The quantitative estimate of drug-likeness (QED) is 0.793. The Kier molecular flexibility index (Phi) is 6.43. The van der Waals surface area contributed by atoms with Crippen molar-refractivity contribution in [2.24, 2.45) is 0 Å². The van der Waals surface area contributed by atoms with Crippen LogP contribution in [0.15, 0.2) is 0 Å². The van der Waals surface area contributed by atoms with Gasteiger partial charge in [-0.3, -0.25) is 0 Å². The lowest BCUT2D eigenvalue weighted by atomic mass is 9.95. The average Bonchev–Trinajstić information content (AvgIpc) is 2.63. The van der Waals surface area contributed by atoms with Gasteiger partial charge in [0.1, 0.15) is 0 Å². The van der Waals surface area contributed by atoms with Crippen LogP contribution < -0.4 is 5.32 Å². The smallest absolute Gasteiger partial charge is 0.0947 e. The summed E-state index contributed by atoms with van der Waals surface area (Å²) in [5, 5.41) is 4.82. The van der Waals surface area contributed by atoms with Gasteiger partial charge in [0.15, 0.2) is 0 Å². The third kappa shape index (κ3) is 4.86. The predicted molar refractivity (Wildman–Crippen MR) is 83.1 cm³/mol. The second-order valence-corrected chi connectivity index (χ2v) is 6.78. The summed E-state index contributed by atoms with van der Waals surface area (Å²) in [6, 6.07) is 0.303. The van der Waals surface area contributed by atoms with Crippen molar-refractivity contribution in [2.45, 2.75) is 66.0 Å². The number of thiazole rings is 1. The van der Waals surface area contributed by atoms with Crippen molar-refractivity contribution in [3.63, 3.8) is 0 Å². The minimum absolute atomic E-state index is 0.169. The summed E-state index contributed by atoms with van der Waals surface area (Å²) >= 11 is 1.80. The molecule has 19 heavy (non-hydrogen) atoms. The lowest BCUT2D eigenvalue weighted by Gasteiger charge is -2.34. The summed E-state index contributed by atoms with van der Waals surface area (Å²) in [6.07, 6.45) is 2.07. The summed E-state index contributed by atoms with van der Waals surface area (Å²) in [4.78, 5) is 5.97. The molecule has 3 nitrogen and oxygen atoms in total. The molecule has 4 heteroatoms. The molecule has 0 aliphatic heterocycles. The van der Waals surface area contributed by atoms with E-state index in [2.05, 4.69) is 51.8 Å². The fraction of sp³-hybridized carbons (Fsp3) is 0.800. The number of hydrogen-bond donors (Lipinski definition) is 1. The molecule has 1 rings (SSSR count). The molecule has 0 saturated heterocycles. The van der Waals surface area contributed by atoms with Gasteiger partial charge < -0.3 is 10.1 Å². The Labute approximate surface area is 121 Å². The molecule has 1 aromatic rings. The summed E-state index contributed by atoms with van der Waals surface area (Å²) in [5.41, 5.74) is 0.987. The molecule has 0 radical (unpaired) electrons. The molecule has 0 amide bonds. The Morgan fingerprint density at radius 1 is 1.32 bits per heavy atom. The van der Waals surface area contributed by atoms with Gasteiger partial charge in [0.25, 0.3) is 0 Å². The zero-order chi connectivity index (χ0) is 14.5. The first-order chi connectivity index (χ1) is 8.90. The number of aryl methyl sites for hydroxylation is 2. The molecule has 0 spiro atoms. The van der Waals surface area contributed by atoms with E-state index in [1.807, 2.05) is 0 Å². The number of nitrogens with one attached hydrogen (secondary N) is 1. The Hall–Kier alpha value is -0.450. The second kappa shape index (κ2) is 7.36. The lowest BCUT2D eigenvalue weighted by molar-refractivity contribution is -0.0380. The van der Waals surface area contributed by atoms with Gasteiger partial charge in [0.05, 0.1) is 16.3 Å². The third-order valence-electron chi connectivity index (χ3n) is 3.45. The number of nitrogens with zero attached hydrogens (tertiary/aromatic N) is 1. The maximum atomic E-state index is 5.91. The van der Waals surface area contributed by atoms with Crippen molar-refractivity contribution in [2.75, 3.05) is 13.2 Å². The molecule has 0 aromatic carbocycles. The summed E-state index contributed by atoms with van der Waals surface area (Å²) in [7, 11) is 0. The monoisotopic (exact) mass is 284 g/mol. The van der Waals surface area contributed by atoms with Crippen molar-refractivity contribution in [3.05, 3.63) is 15.6 Å². The van der Waals surface area contributed by atoms with Gasteiger partial charge in [-0.1, -0.05) is 6.92 Å². The third-order valence-corrected chi connectivity index (χ3v) is 4.54. The van der Waals surface area contributed by atoms with Gasteiger partial charge in [0.2, 0.25) is 0 Å². The van der Waals surface area contributed by atoms with Crippen molar-refractivity contribution in [1.29, 1.82) is 0 Å². The fourth-order valence-corrected chi connectivity index (χ4v) is 3.14. The highest BCUT2D eigenvalue weighted by molar-refractivity contribution is 7.11. The van der Waals surface area contributed by atoms with Crippen LogP contribution in [0.3, 0.4) is 0 Å². The molecule has 0 saturated carbocycles. The lowest BCUT2D eigenvalue weighted by Crippen LogP contribution is -2.50. The second-order valence-electron chi connectivity index (χ2n) is 5.50. The van der Waals surface area contributed by atoms with E-state index in [1.165, 1.54) is 9.88 Å². The van der Waals surface area contributed by atoms with Gasteiger partial charge in [-0.15, -0.1) is 11.3 Å². The molecule has 1 N–H and O–H groups in total. The fourth-order valence-electron chi connectivity index (χ4n) is 2.16. The average molecular weight is 284 g/mol. The topological polar surface area (TPSA) is 34.2 Å². The molecule has 1 unspecified atom stereocenters. The normalized spacial score (nSPS) is 13.8. The number of rotatable bonds is 8. The van der Waals surface area contributed by atoms with Crippen molar-refractivity contribution in [1.82, 2.24) is 10.3 Å². The minimum atomic E-state index is -0.169. The van der Waals surface area contributed by atoms with Gasteiger partial charge in [-0.25, -0.2) is 4.98 Å². The summed E-state index contributed by atoms with van der Waals surface area (Å²) in [5.74, 6) is 0. The minimum Gasteiger partial charge on any atom is -0.374 e. The van der Waals surface area contributed by atoms with Crippen LogP contribution in [0.4, 0.5) is 0 Å². The maximum absolute atomic E-state index is 5.91. The van der Waals surface area contributed by atoms with Crippen LogP contribution >= 0.6 is 11.3 Å². The van der Waals surface area contributed by atoms with E-state index in [9.17, 15) is 0 Å². The van der Waals surface area contributed by atoms with Crippen LogP contribution in [0.2, 0.25) is 0 Å². The molecule has 0 fully saturated rings. The number of hydrogen-bond acceptors (Lipinski definition) is 4. The van der Waals surface area contributed by atoms with Crippen LogP contribution in [-0.4, -0.2) is 29.8 Å². The highest BCUT2D eigenvalue weighted by Gasteiger charge is 2.30. The van der Waals surface area contributed by atoms with Crippen LogP contribution in [-0.2, 0) is 11.2 Å². The van der Waals surface area contributed by atoms with Crippen LogP contribution in [0.5, 0.6) is 0 Å². The summed E-state index contributed by atoms with van der Waals surface area (Å²) < 4.78 is 5.91. The molecular weight excluding hydrogens is 256 g/mol. The predicted octanol–water partition coefficient (Wildman–Crippen LogP) is 3.49. The Bertz CT molecular complexity index is 368. The van der Waals surface area contributed by atoms with Crippen LogP contribution in [0.1, 0.15) is 49.7 Å². The number of aromatic nitrogens is 1. The largest absolute Gasteiger partial charge is 0.374 e. The van der Waals surface area contributed by atoms with Gasteiger partial charge >= 0.3 is 0 Å². The van der Waals surface area contributed by atoms with Crippen LogP contribution in [0.25, 0.3) is 0 Å².